The summed E-state index contributed by atoms with van der Waals surface area (Å²) in [6, 6.07) is 5.64. The minimum Gasteiger partial charge on any atom is -0.454 e. The predicted octanol–water partition coefficient (Wildman–Crippen LogP) is 1.76. The van der Waals surface area contributed by atoms with Crippen LogP contribution in [0.25, 0.3) is 11.4 Å². The normalized spacial score (nSPS) is 16.2. The van der Waals surface area contributed by atoms with Crippen molar-refractivity contribution in [1.29, 1.82) is 0 Å². The van der Waals surface area contributed by atoms with Gasteiger partial charge in [-0.2, -0.15) is 4.98 Å². The quantitative estimate of drug-likeness (QED) is 0.719. The number of hydrogen-bond donors (Lipinski definition) is 0. The van der Waals surface area contributed by atoms with E-state index in [9.17, 15) is 0 Å². The van der Waals surface area contributed by atoms with E-state index in [0.717, 1.165) is 36.5 Å². The van der Waals surface area contributed by atoms with Crippen molar-refractivity contribution in [2.24, 2.45) is 7.05 Å². The number of fused-ring (bicyclic) bond motifs is 2. The molecule has 0 atom stereocenters. The summed E-state index contributed by atoms with van der Waals surface area (Å²) in [7, 11) is 2.04. The van der Waals surface area contributed by atoms with E-state index >= 15 is 0 Å². The van der Waals surface area contributed by atoms with Gasteiger partial charge in [-0.1, -0.05) is 5.16 Å². The highest BCUT2D eigenvalue weighted by Crippen LogP contribution is 2.35. The van der Waals surface area contributed by atoms with Gasteiger partial charge in [0.05, 0.1) is 18.6 Å². The minimum atomic E-state index is 0.251. The molecule has 0 fully saturated rings. The molecule has 0 bridgehead atoms. The molecule has 2 aliphatic rings. The molecule has 3 aromatic rings. The first-order chi connectivity index (χ1) is 12.3. The second-order valence-corrected chi connectivity index (χ2v) is 6.29. The van der Waals surface area contributed by atoms with E-state index in [1.54, 1.807) is 0 Å². The van der Waals surface area contributed by atoms with E-state index in [0.29, 0.717) is 24.0 Å². The Kier molecular flexibility index (Phi) is 3.24. The van der Waals surface area contributed by atoms with Gasteiger partial charge in [0.25, 0.3) is 0 Å². The van der Waals surface area contributed by atoms with E-state index in [1.165, 1.54) is 5.69 Å². The highest BCUT2D eigenvalue weighted by atomic mass is 16.7. The van der Waals surface area contributed by atoms with Gasteiger partial charge in [0.15, 0.2) is 11.5 Å². The Morgan fingerprint density at radius 3 is 3.08 bits per heavy atom. The molecule has 5 rings (SSSR count). The van der Waals surface area contributed by atoms with Crippen LogP contribution in [0, 0.1) is 0 Å². The SMILES string of the molecule is Cn1cnc2c1CCN(Cc1nc(-c3ccc4c(c3)OCO4)no1)C2. The van der Waals surface area contributed by atoms with Gasteiger partial charge in [-0.3, -0.25) is 4.90 Å². The molecule has 0 radical (unpaired) electrons. The first-order valence-corrected chi connectivity index (χ1v) is 8.20. The molecule has 0 saturated heterocycles. The van der Waals surface area contributed by atoms with Gasteiger partial charge >= 0.3 is 0 Å². The molecule has 0 N–H and O–H groups in total. The van der Waals surface area contributed by atoms with Crippen LogP contribution in [0.5, 0.6) is 11.5 Å². The van der Waals surface area contributed by atoms with Crippen LogP contribution in [0.15, 0.2) is 29.0 Å². The third kappa shape index (κ3) is 2.54. The average molecular weight is 339 g/mol. The monoisotopic (exact) mass is 339 g/mol. The summed E-state index contributed by atoms with van der Waals surface area (Å²) in [4.78, 5) is 11.3. The lowest BCUT2D eigenvalue weighted by atomic mass is 10.1. The Balaban J connectivity index is 1.32. The van der Waals surface area contributed by atoms with Gasteiger partial charge in [0.1, 0.15) is 0 Å². The van der Waals surface area contributed by atoms with Crippen molar-refractivity contribution >= 4 is 0 Å². The second-order valence-electron chi connectivity index (χ2n) is 6.29. The highest BCUT2D eigenvalue weighted by molar-refractivity contribution is 5.61. The molecule has 0 spiro atoms. The smallest absolute Gasteiger partial charge is 0.241 e. The van der Waals surface area contributed by atoms with Crippen LogP contribution >= 0.6 is 0 Å². The number of aryl methyl sites for hydroxylation is 1. The Hall–Kier alpha value is -2.87. The summed E-state index contributed by atoms with van der Waals surface area (Å²) in [6.07, 6.45) is 2.85. The number of benzene rings is 1. The minimum absolute atomic E-state index is 0.251. The summed E-state index contributed by atoms with van der Waals surface area (Å²) in [6.45, 7) is 2.63. The second kappa shape index (κ2) is 5.59. The molecule has 8 heteroatoms. The van der Waals surface area contributed by atoms with Crippen molar-refractivity contribution < 1.29 is 14.0 Å². The third-order valence-electron chi connectivity index (χ3n) is 4.64. The lowest BCUT2D eigenvalue weighted by Crippen LogP contribution is -2.30. The number of ether oxygens (including phenoxy) is 2. The fourth-order valence-electron chi connectivity index (χ4n) is 3.31. The van der Waals surface area contributed by atoms with Crippen LogP contribution < -0.4 is 9.47 Å². The van der Waals surface area contributed by atoms with E-state index < -0.39 is 0 Å². The Labute approximate surface area is 144 Å². The Bertz CT molecular complexity index is 932. The maximum absolute atomic E-state index is 5.43. The first-order valence-electron chi connectivity index (χ1n) is 8.20. The fraction of sp³-hybridized carbons (Fsp3) is 0.353. The van der Waals surface area contributed by atoms with Gasteiger partial charge < -0.3 is 18.6 Å². The van der Waals surface area contributed by atoms with E-state index in [-0.39, 0.29) is 6.79 Å². The molecule has 2 aliphatic heterocycles. The molecule has 4 heterocycles. The van der Waals surface area contributed by atoms with Gasteiger partial charge in [0.2, 0.25) is 18.5 Å². The van der Waals surface area contributed by atoms with Gasteiger partial charge in [-0.05, 0) is 18.2 Å². The third-order valence-corrected chi connectivity index (χ3v) is 4.64. The fourth-order valence-corrected chi connectivity index (χ4v) is 3.31. The van der Waals surface area contributed by atoms with E-state index in [1.807, 2.05) is 31.6 Å². The van der Waals surface area contributed by atoms with Crippen LogP contribution in [0.4, 0.5) is 0 Å². The maximum Gasteiger partial charge on any atom is 0.241 e. The topological polar surface area (TPSA) is 78.4 Å². The van der Waals surface area contributed by atoms with Crippen molar-refractivity contribution in [3.63, 3.8) is 0 Å². The van der Waals surface area contributed by atoms with Crippen molar-refractivity contribution in [2.45, 2.75) is 19.5 Å². The van der Waals surface area contributed by atoms with Gasteiger partial charge in [0, 0.05) is 37.8 Å². The first kappa shape index (κ1) is 14.5. The molecule has 8 nitrogen and oxygen atoms in total. The van der Waals surface area contributed by atoms with Crippen LogP contribution in [-0.4, -0.2) is 37.9 Å². The predicted molar refractivity (Wildman–Crippen MR) is 86.9 cm³/mol. The molecule has 0 saturated carbocycles. The van der Waals surface area contributed by atoms with Crippen LogP contribution in [0.2, 0.25) is 0 Å². The largest absolute Gasteiger partial charge is 0.454 e. The van der Waals surface area contributed by atoms with Crippen molar-refractivity contribution in [3.8, 4) is 22.9 Å². The number of rotatable bonds is 3. The molecule has 0 amide bonds. The highest BCUT2D eigenvalue weighted by Gasteiger charge is 2.22. The molecule has 128 valence electrons. The van der Waals surface area contributed by atoms with Crippen molar-refractivity contribution in [1.82, 2.24) is 24.6 Å². The summed E-state index contributed by atoms with van der Waals surface area (Å²) in [5, 5.41) is 4.10. The lowest BCUT2D eigenvalue weighted by molar-refractivity contribution is 0.174. The number of aromatic nitrogens is 4. The molecular formula is C17H17N5O3. The zero-order chi connectivity index (χ0) is 16.8. The van der Waals surface area contributed by atoms with Crippen LogP contribution in [0.3, 0.4) is 0 Å². The van der Waals surface area contributed by atoms with Crippen molar-refractivity contribution in [2.75, 3.05) is 13.3 Å². The lowest BCUT2D eigenvalue weighted by Gasteiger charge is -2.24. The van der Waals surface area contributed by atoms with Gasteiger partial charge in [-0.25, -0.2) is 4.98 Å². The molecule has 0 aliphatic carbocycles. The Morgan fingerprint density at radius 2 is 2.12 bits per heavy atom. The molecule has 25 heavy (non-hydrogen) atoms. The molecule has 1 aromatic carbocycles. The number of imidazole rings is 1. The zero-order valence-electron chi connectivity index (χ0n) is 13.8. The number of nitrogens with zero attached hydrogens (tertiary/aromatic N) is 5. The van der Waals surface area contributed by atoms with Gasteiger partial charge in [-0.15, -0.1) is 0 Å². The molecule has 0 unspecified atom stereocenters. The van der Waals surface area contributed by atoms with E-state index in [2.05, 4.69) is 24.6 Å². The van der Waals surface area contributed by atoms with Crippen LogP contribution in [-0.2, 0) is 26.6 Å². The maximum atomic E-state index is 5.43. The summed E-state index contributed by atoms with van der Waals surface area (Å²) in [5.41, 5.74) is 3.29. The summed E-state index contributed by atoms with van der Waals surface area (Å²) < 4.78 is 18.3. The Morgan fingerprint density at radius 1 is 1.20 bits per heavy atom. The van der Waals surface area contributed by atoms with E-state index in [4.69, 9.17) is 14.0 Å². The molecular weight excluding hydrogens is 322 g/mol. The van der Waals surface area contributed by atoms with Crippen LogP contribution in [0.1, 0.15) is 17.3 Å². The standard InChI is InChI=1S/C17H17N5O3/c1-21-9-18-12-7-22(5-4-13(12)21)8-16-19-17(20-25-16)11-2-3-14-15(6-11)24-10-23-14/h2-3,6,9H,4-5,7-8,10H2,1H3. The molecule has 2 aromatic heterocycles. The average Bonchev–Trinajstić information content (AvgIpc) is 3.34. The number of hydrogen-bond acceptors (Lipinski definition) is 7. The summed E-state index contributed by atoms with van der Waals surface area (Å²) in [5.74, 6) is 2.62. The van der Waals surface area contributed by atoms with Crippen molar-refractivity contribution in [3.05, 3.63) is 41.8 Å². The zero-order valence-corrected chi connectivity index (χ0v) is 13.8. The summed E-state index contributed by atoms with van der Waals surface area (Å²) >= 11 is 0.